The van der Waals surface area contributed by atoms with Crippen molar-refractivity contribution in [2.24, 2.45) is 5.73 Å². The van der Waals surface area contributed by atoms with Crippen molar-refractivity contribution in [1.82, 2.24) is 4.90 Å². The van der Waals surface area contributed by atoms with E-state index in [4.69, 9.17) is 5.73 Å². The Balaban J connectivity index is 1.96. The lowest BCUT2D eigenvalue weighted by Crippen LogP contribution is -2.31. The van der Waals surface area contributed by atoms with Crippen LogP contribution < -0.4 is 10.6 Å². The number of likely N-dealkylation sites (tertiary alicyclic amines) is 1. The van der Waals surface area contributed by atoms with Crippen LogP contribution in [0.1, 0.15) is 31.4 Å². The normalized spacial score (nSPS) is 17.7. The van der Waals surface area contributed by atoms with Crippen LogP contribution in [0.4, 0.5) is 5.69 Å². The van der Waals surface area contributed by atoms with Crippen molar-refractivity contribution < 1.29 is 0 Å². The molecule has 2 N–H and O–H groups in total. The van der Waals surface area contributed by atoms with Gasteiger partial charge in [-0.25, -0.2) is 0 Å². The highest BCUT2D eigenvalue weighted by molar-refractivity contribution is 9.10. The predicted molar refractivity (Wildman–Crippen MR) is 85.7 cm³/mol. The summed E-state index contributed by atoms with van der Waals surface area (Å²) in [4.78, 5) is 4.86. The largest absolute Gasteiger partial charge is 0.372 e. The fraction of sp³-hybridized carbons (Fsp3) is 0.600. The van der Waals surface area contributed by atoms with Gasteiger partial charge in [0.25, 0.3) is 0 Å². The first-order valence-electron chi connectivity index (χ1n) is 7.06. The van der Waals surface area contributed by atoms with Crippen LogP contribution in [-0.4, -0.2) is 38.1 Å². The van der Waals surface area contributed by atoms with Gasteiger partial charge >= 0.3 is 0 Å². The molecule has 106 valence electrons. The minimum Gasteiger partial charge on any atom is -0.372 e. The fourth-order valence-corrected chi connectivity index (χ4v) is 3.23. The molecule has 0 amide bonds. The minimum absolute atomic E-state index is 0.0836. The number of hydrogen-bond acceptors (Lipinski definition) is 3. The number of likely N-dealkylation sites (N-methyl/N-ethyl adjacent to an activating group) is 1. The predicted octanol–water partition coefficient (Wildman–Crippen LogP) is 3.00. The van der Waals surface area contributed by atoms with E-state index in [1.165, 1.54) is 37.2 Å². The standard InChI is InChI=1S/C15H24BrN3/c1-12(17)13-5-6-15(14(16)11-13)18(2)9-10-19-7-3-4-8-19/h5-6,11-12H,3-4,7-10,17H2,1-2H3. The van der Waals surface area contributed by atoms with E-state index >= 15 is 0 Å². The molecular formula is C15H24BrN3. The topological polar surface area (TPSA) is 32.5 Å². The number of nitrogens with two attached hydrogens (primary N) is 1. The molecule has 1 fully saturated rings. The Morgan fingerprint density at radius 1 is 1.37 bits per heavy atom. The van der Waals surface area contributed by atoms with Gasteiger partial charge in [-0.1, -0.05) is 6.07 Å². The van der Waals surface area contributed by atoms with Crippen molar-refractivity contribution >= 4 is 21.6 Å². The van der Waals surface area contributed by atoms with Gasteiger partial charge in [-0.3, -0.25) is 0 Å². The van der Waals surface area contributed by atoms with Crippen molar-refractivity contribution in [3.8, 4) is 0 Å². The van der Waals surface area contributed by atoms with Crippen LogP contribution >= 0.6 is 15.9 Å². The number of anilines is 1. The maximum atomic E-state index is 5.91. The zero-order valence-corrected chi connectivity index (χ0v) is 13.5. The smallest absolute Gasteiger partial charge is 0.0508 e. The molecule has 4 heteroatoms. The Morgan fingerprint density at radius 2 is 2.05 bits per heavy atom. The molecule has 3 nitrogen and oxygen atoms in total. The zero-order valence-electron chi connectivity index (χ0n) is 11.9. The summed E-state index contributed by atoms with van der Waals surface area (Å²) in [5.41, 5.74) is 8.32. The average Bonchev–Trinajstić information content (AvgIpc) is 2.88. The van der Waals surface area contributed by atoms with Crippen molar-refractivity contribution in [2.45, 2.75) is 25.8 Å². The van der Waals surface area contributed by atoms with Crippen molar-refractivity contribution in [3.05, 3.63) is 28.2 Å². The van der Waals surface area contributed by atoms with E-state index in [9.17, 15) is 0 Å². The molecule has 19 heavy (non-hydrogen) atoms. The molecule has 1 aliphatic heterocycles. The third-order valence-corrected chi connectivity index (χ3v) is 4.49. The van der Waals surface area contributed by atoms with Crippen molar-refractivity contribution in [1.29, 1.82) is 0 Å². The van der Waals surface area contributed by atoms with E-state index in [2.05, 4.69) is 51.0 Å². The minimum atomic E-state index is 0.0836. The lowest BCUT2D eigenvalue weighted by Gasteiger charge is -2.24. The maximum absolute atomic E-state index is 5.91. The summed E-state index contributed by atoms with van der Waals surface area (Å²) in [5, 5.41) is 0. The van der Waals surface area contributed by atoms with Crippen LogP contribution in [-0.2, 0) is 0 Å². The molecule has 0 saturated carbocycles. The number of rotatable bonds is 5. The van der Waals surface area contributed by atoms with Gasteiger partial charge < -0.3 is 15.5 Å². The van der Waals surface area contributed by atoms with Crippen LogP contribution in [0, 0.1) is 0 Å². The van der Waals surface area contributed by atoms with Crippen LogP contribution in [0.5, 0.6) is 0 Å². The highest BCUT2D eigenvalue weighted by Gasteiger charge is 2.13. The number of nitrogens with zero attached hydrogens (tertiary/aromatic N) is 2. The highest BCUT2D eigenvalue weighted by atomic mass is 79.9. The van der Waals surface area contributed by atoms with Gasteiger partial charge in [-0.2, -0.15) is 0 Å². The van der Waals surface area contributed by atoms with E-state index < -0.39 is 0 Å². The molecule has 1 aromatic rings. The monoisotopic (exact) mass is 325 g/mol. The molecule has 1 heterocycles. The van der Waals surface area contributed by atoms with Gasteiger partial charge in [0.05, 0.1) is 5.69 Å². The molecule has 1 saturated heterocycles. The van der Waals surface area contributed by atoms with Crippen molar-refractivity contribution in [3.63, 3.8) is 0 Å². The molecule has 0 radical (unpaired) electrons. The SMILES string of the molecule is CC(N)c1ccc(N(C)CCN2CCCC2)c(Br)c1. The van der Waals surface area contributed by atoms with Crippen LogP contribution in [0.2, 0.25) is 0 Å². The summed E-state index contributed by atoms with van der Waals surface area (Å²) in [6.07, 6.45) is 2.72. The van der Waals surface area contributed by atoms with E-state index in [0.717, 1.165) is 17.6 Å². The molecular weight excluding hydrogens is 302 g/mol. The summed E-state index contributed by atoms with van der Waals surface area (Å²) in [6, 6.07) is 6.50. The molecule has 0 spiro atoms. The summed E-state index contributed by atoms with van der Waals surface area (Å²) in [6.45, 7) is 6.75. The summed E-state index contributed by atoms with van der Waals surface area (Å²) in [5.74, 6) is 0. The van der Waals surface area contributed by atoms with E-state index in [1.807, 2.05) is 6.92 Å². The Bertz CT molecular complexity index is 414. The molecule has 2 rings (SSSR count). The Morgan fingerprint density at radius 3 is 2.63 bits per heavy atom. The number of benzene rings is 1. The second-order valence-corrected chi connectivity index (χ2v) is 6.32. The summed E-state index contributed by atoms with van der Waals surface area (Å²) < 4.78 is 1.13. The molecule has 0 bridgehead atoms. The zero-order chi connectivity index (χ0) is 13.8. The van der Waals surface area contributed by atoms with E-state index in [0.29, 0.717) is 0 Å². The van der Waals surface area contributed by atoms with Crippen LogP contribution in [0.25, 0.3) is 0 Å². The van der Waals surface area contributed by atoms with Gasteiger partial charge in [-0.15, -0.1) is 0 Å². The molecule has 0 aromatic heterocycles. The number of halogens is 1. The first kappa shape index (κ1) is 14.8. The van der Waals surface area contributed by atoms with Crippen molar-refractivity contribution in [2.75, 3.05) is 38.1 Å². The third kappa shape index (κ3) is 3.94. The van der Waals surface area contributed by atoms with Crippen LogP contribution in [0.15, 0.2) is 22.7 Å². The summed E-state index contributed by atoms with van der Waals surface area (Å²) >= 11 is 3.66. The van der Waals surface area contributed by atoms with E-state index in [-0.39, 0.29) is 6.04 Å². The van der Waals surface area contributed by atoms with Gasteiger partial charge in [0.15, 0.2) is 0 Å². The highest BCUT2D eigenvalue weighted by Crippen LogP contribution is 2.28. The fourth-order valence-electron chi connectivity index (χ4n) is 2.53. The first-order valence-corrected chi connectivity index (χ1v) is 7.86. The molecule has 1 atom stereocenters. The Labute approximate surface area is 124 Å². The lowest BCUT2D eigenvalue weighted by molar-refractivity contribution is 0.346. The Hall–Kier alpha value is -0.580. The number of hydrogen-bond donors (Lipinski definition) is 1. The Kier molecular flexibility index (Phi) is 5.25. The van der Waals surface area contributed by atoms with E-state index in [1.54, 1.807) is 0 Å². The van der Waals surface area contributed by atoms with Gasteiger partial charge in [0.2, 0.25) is 0 Å². The van der Waals surface area contributed by atoms with Crippen LogP contribution in [0.3, 0.4) is 0 Å². The van der Waals surface area contributed by atoms with Gasteiger partial charge in [-0.05, 0) is 66.5 Å². The second-order valence-electron chi connectivity index (χ2n) is 5.47. The van der Waals surface area contributed by atoms with Gasteiger partial charge in [0, 0.05) is 30.7 Å². The lowest BCUT2D eigenvalue weighted by atomic mass is 10.1. The average molecular weight is 326 g/mol. The molecule has 0 aliphatic carbocycles. The maximum Gasteiger partial charge on any atom is 0.0508 e. The summed E-state index contributed by atoms with van der Waals surface area (Å²) in [7, 11) is 2.15. The second kappa shape index (κ2) is 6.73. The quantitative estimate of drug-likeness (QED) is 0.903. The third-order valence-electron chi connectivity index (χ3n) is 3.86. The van der Waals surface area contributed by atoms with Gasteiger partial charge in [0.1, 0.15) is 0 Å². The molecule has 1 aliphatic rings. The molecule has 1 unspecified atom stereocenters. The molecule has 1 aromatic carbocycles. The first-order chi connectivity index (χ1) is 9.08.